The van der Waals surface area contributed by atoms with Gasteiger partial charge in [-0.25, -0.2) is 4.98 Å². The number of nitrogens with zero attached hydrogens (tertiary/aromatic N) is 1. The average Bonchev–Trinajstić information content (AvgIpc) is 3.17. The Morgan fingerprint density at radius 1 is 1.18 bits per heavy atom. The van der Waals surface area contributed by atoms with Gasteiger partial charge in [0.1, 0.15) is 11.5 Å². The molecule has 0 saturated carbocycles. The summed E-state index contributed by atoms with van der Waals surface area (Å²) in [4.78, 5) is 17.0. The molecule has 1 N–H and O–H groups in total. The van der Waals surface area contributed by atoms with Crippen molar-refractivity contribution in [3.63, 3.8) is 0 Å². The Labute approximate surface area is 169 Å². The smallest absolute Gasteiger partial charge is 0.257 e. The van der Waals surface area contributed by atoms with E-state index >= 15 is 0 Å². The fraction of sp³-hybridized carbons (Fsp3) is 0.273. The summed E-state index contributed by atoms with van der Waals surface area (Å²) in [6.45, 7) is 4.80. The molecule has 0 radical (unpaired) electrons. The number of anilines is 1. The average molecular weight is 397 g/mol. The first-order valence-corrected chi connectivity index (χ1v) is 10.1. The third kappa shape index (κ3) is 4.89. The van der Waals surface area contributed by atoms with Gasteiger partial charge in [0.2, 0.25) is 0 Å². The summed E-state index contributed by atoms with van der Waals surface area (Å²) in [6, 6.07) is 13.1. The largest absolute Gasteiger partial charge is 0.496 e. The first-order chi connectivity index (χ1) is 13.6. The Kier molecular flexibility index (Phi) is 6.66. The number of unbranched alkanes of at least 4 members (excludes halogenated alkanes) is 1. The number of aromatic nitrogens is 1. The molecule has 0 aliphatic heterocycles. The lowest BCUT2D eigenvalue weighted by atomic mass is 10.1. The number of carbonyl (C=O) groups excluding carboxylic acids is 1. The summed E-state index contributed by atoms with van der Waals surface area (Å²) in [5.74, 6) is 1.43. The van der Waals surface area contributed by atoms with Crippen molar-refractivity contribution in [3.05, 3.63) is 59.0 Å². The summed E-state index contributed by atoms with van der Waals surface area (Å²) in [5.41, 5.74) is 3.43. The van der Waals surface area contributed by atoms with E-state index < -0.39 is 0 Å². The maximum Gasteiger partial charge on any atom is 0.257 e. The lowest BCUT2D eigenvalue weighted by Gasteiger charge is -2.06. The normalized spacial score (nSPS) is 10.5. The molecule has 28 heavy (non-hydrogen) atoms. The molecule has 0 spiro atoms. The Bertz CT molecular complexity index is 935. The molecule has 3 rings (SSSR count). The second kappa shape index (κ2) is 9.37. The number of hydrogen-bond acceptors (Lipinski definition) is 5. The molecular weight excluding hydrogens is 372 g/mol. The summed E-state index contributed by atoms with van der Waals surface area (Å²) < 4.78 is 10.9. The van der Waals surface area contributed by atoms with Crippen LogP contribution in [-0.2, 0) is 0 Å². The van der Waals surface area contributed by atoms with Gasteiger partial charge < -0.3 is 9.47 Å². The maximum atomic E-state index is 12.5. The SMILES string of the molecule is CCCCOc1ccc(C(=O)Nc2nc(-c3ccc(OC)c(C)c3)cs2)cc1. The van der Waals surface area contributed by atoms with Crippen molar-refractivity contribution >= 4 is 22.4 Å². The molecule has 6 heteroatoms. The number of rotatable bonds is 8. The highest BCUT2D eigenvalue weighted by Crippen LogP contribution is 2.29. The van der Waals surface area contributed by atoms with Crippen LogP contribution in [0.3, 0.4) is 0 Å². The van der Waals surface area contributed by atoms with Crippen molar-refractivity contribution in [3.8, 4) is 22.8 Å². The van der Waals surface area contributed by atoms with Gasteiger partial charge in [0.05, 0.1) is 19.4 Å². The first kappa shape index (κ1) is 19.9. The maximum absolute atomic E-state index is 12.5. The Morgan fingerprint density at radius 3 is 2.64 bits per heavy atom. The first-order valence-electron chi connectivity index (χ1n) is 9.25. The van der Waals surface area contributed by atoms with Gasteiger partial charge in [-0.05, 0) is 61.4 Å². The third-order valence-electron chi connectivity index (χ3n) is 4.30. The number of benzene rings is 2. The standard InChI is InChI=1S/C22H24N2O3S/c1-4-5-12-27-18-9-6-16(7-10-18)21(25)24-22-23-19(14-28-22)17-8-11-20(26-3)15(2)13-17/h6-11,13-14H,4-5,12H2,1-3H3,(H,23,24,25). The van der Waals surface area contributed by atoms with Crippen LogP contribution in [0.5, 0.6) is 11.5 Å². The quantitative estimate of drug-likeness (QED) is 0.507. The van der Waals surface area contributed by atoms with Crippen molar-refractivity contribution in [2.45, 2.75) is 26.7 Å². The van der Waals surface area contributed by atoms with E-state index in [-0.39, 0.29) is 5.91 Å². The van der Waals surface area contributed by atoms with E-state index in [0.29, 0.717) is 17.3 Å². The van der Waals surface area contributed by atoms with Crippen LogP contribution in [0.25, 0.3) is 11.3 Å². The van der Waals surface area contributed by atoms with Gasteiger partial charge in [-0.15, -0.1) is 11.3 Å². The molecular formula is C22H24N2O3S. The highest BCUT2D eigenvalue weighted by molar-refractivity contribution is 7.14. The predicted molar refractivity (Wildman–Crippen MR) is 114 cm³/mol. The number of carbonyl (C=O) groups is 1. The van der Waals surface area contributed by atoms with Gasteiger partial charge in [0.15, 0.2) is 5.13 Å². The molecule has 1 aromatic heterocycles. The number of aryl methyl sites for hydroxylation is 1. The summed E-state index contributed by atoms with van der Waals surface area (Å²) in [6.07, 6.45) is 2.11. The van der Waals surface area contributed by atoms with Crippen LogP contribution in [0.4, 0.5) is 5.13 Å². The molecule has 1 heterocycles. The summed E-state index contributed by atoms with van der Waals surface area (Å²) in [5, 5.41) is 5.36. The lowest BCUT2D eigenvalue weighted by Crippen LogP contribution is -2.11. The van der Waals surface area contributed by atoms with Gasteiger partial charge in [0.25, 0.3) is 5.91 Å². The van der Waals surface area contributed by atoms with E-state index in [1.807, 2.05) is 42.6 Å². The highest BCUT2D eigenvalue weighted by atomic mass is 32.1. The molecule has 0 aliphatic rings. The second-order valence-corrected chi connectivity index (χ2v) is 7.26. The van der Waals surface area contributed by atoms with Crippen molar-refractivity contribution < 1.29 is 14.3 Å². The summed E-state index contributed by atoms with van der Waals surface area (Å²) >= 11 is 1.40. The molecule has 0 aliphatic carbocycles. The second-order valence-electron chi connectivity index (χ2n) is 6.40. The van der Waals surface area contributed by atoms with Crippen molar-refractivity contribution in [1.29, 1.82) is 0 Å². The van der Waals surface area contributed by atoms with Gasteiger partial charge in [-0.3, -0.25) is 10.1 Å². The predicted octanol–water partition coefficient (Wildman–Crippen LogP) is 5.56. The minimum absolute atomic E-state index is 0.188. The third-order valence-corrected chi connectivity index (χ3v) is 5.06. The molecule has 5 nitrogen and oxygen atoms in total. The molecule has 146 valence electrons. The zero-order valence-electron chi connectivity index (χ0n) is 16.3. The van der Waals surface area contributed by atoms with Gasteiger partial charge in [0, 0.05) is 16.5 Å². The number of nitrogens with one attached hydrogen (secondary N) is 1. The van der Waals surface area contributed by atoms with E-state index in [9.17, 15) is 4.79 Å². The van der Waals surface area contributed by atoms with Crippen molar-refractivity contribution in [2.24, 2.45) is 0 Å². The summed E-state index contributed by atoms with van der Waals surface area (Å²) in [7, 11) is 1.66. The van der Waals surface area contributed by atoms with Crippen LogP contribution in [0, 0.1) is 6.92 Å². The molecule has 0 atom stereocenters. The van der Waals surface area contributed by atoms with Crippen LogP contribution in [-0.4, -0.2) is 24.6 Å². The molecule has 0 fully saturated rings. The van der Waals surface area contributed by atoms with Crippen LogP contribution in [0.2, 0.25) is 0 Å². The van der Waals surface area contributed by atoms with Crippen LogP contribution >= 0.6 is 11.3 Å². The van der Waals surface area contributed by atoms with Gasteiger partial charge in [-0.1, -0.05) is 13.3 Å². The van der Waals surface area contributed by atoms with E-state index in [0.717, 1.165) is 41.2 Å². The fourth-order valence-electron chi connectivity index (χ4n) is 2.71. The number of ether oxygens (including phenoxy) is 2. The topological polar surface area (TPSA) is 60.5 Å². The Balaban J connectivity index is 1.64. The minimum Gasteiger partial charge on any atom is -0.496 e. The number of amides is 1. The fourth-order valence-corrected chi connectivity index (χ4v) is 3.42. The van der Waals surface area contributed by atoms with E-state index in [1.165, 1.54) is 11.3 Å². The van der Waals surface area contributed by atoms with Crippen molar-refractivity contribution in [2.75, 3.05) is 19.0 Å². The van der Waals surface area contributed by atoms with Crippen molar-refractivity contribution in [1.82, 2.24) is 4.98 Å². The zero-order chi connectivity index (χ0) is 19.9. The molecule has 0 bridgehead atoms. The van der Waals surface area contributed by atoms with E-state index in [4.69, 9.17) is 9.47 Å². The minimum atomic E-state index is -0.188. The molecule has 0 unspecified atom stereocenters. The van der Waals surface area contributed by atoms with Crippen LogP contribution in [0.1, 0.15) is 35.7 Å². The Hall–Kier alpha value is -2.86. The zero-order valence-corrected chi connectivity index (χ0v) is 17.1. The molecule has 0 saturated heterocycles. The monoisotopic (exact) mass is 396 g/mol. The highest BCUT2D eigenvalue weighted by Gasteiger charge is 2.11. The van der Waals surface area contributed by atoms with Crippen LogP contribution < -0.4 is 14.8 Å². The van der Waals surface area contributed by atoms with E-state index in [2.05, 4.69) is 17.2 Å². The number of thiazole rings is 1. The molecule has 1 amide bonds. The number of methoxy groups -OCH3 is 1. The number of hydrogen-bond donors (Lipinski definition) is 1. The van der Waals surface area contributed by atoms with E-state index in [1.54, 1.807) is 19.2 Å². The molecule has 3 aromatic rings. The van der Waals surface area contributed by atoms with Gasteiger partial charge >= 0.3 is 0 Å². The van der Waals surface area contributed by atoms with Gasteiger partial charge in [-0.2, -0.15) is 0 Å². The molecule has 2 aromatic carbocycles. The van der Waals surface area contributed by atoms with Crippen LogP contribution in [0.15, 0.2) is 47.8 Å². The lowest BCUT2D eigenvalue weighted by molar-refractivity contribution is 0.102. The Morgan fingerprint density at radius 2 is 1.96 bits per heavy atom.